The summed E-state index contributed by atoms with van der Waals surface area (Å²) in [5, 5.41) is 0.304. The van der Waals surface area contributed by atoms with E-state index in [9.17, 15) is 9.18 Å². The van der Waals surface area contributed by atoms with Gasteiger partial charge in [0.15, 0.2) is 5.78 Å². The van der Waals surface area contributed by atoms with Crippen molar-refractivity contribution < 1.29 is 13.9 Å². The predicted molar refractivity (Wildman–Crippen MR) is 77.6 cm³/mol. The van der Waals surface area contributed by atoms with Gasteiger partial charge in [0.2, 0.25) is 0 Å². The molecular formula is C16H20ClFO2. The zero-order valence-corrected chi connectivity index (χ0v) is 12.5. The molecule has 1 saturated carbocycles. The molecule has 0 spiro atoms. The minimum atomic E-state index is -0.686. The molecule has 0 aromatic heterocycles. The molecule has 0 N–H and O–H groups in total. The molecule has 0 unspecified atom stereocenters. The van der Waals surface area contributed by atoms with Gasteiger partial charge in [0.05, 0.1) is 0 Å². The molecule has 0 amide bonds. The number of Topliss-reactive ketones (excluding diaryl/α,β-unsaturated/α-hetero) is 1. The number of ether oxygens (including phenoxy) is 1. The van der Waals surface area contributed by atoms with Crippen LogP contribution in [-0.4, -0.2) is 18.5 Å². The lowest BCUT2D eigenvalue weighted by molar-refractivity contribution is -0.142. The van der Waals surface area contributed by atoms with Crippen molar-refractivity contribution in [2.45, 2.75) is 50.5 Å². The van der Waals surface area contributed by atoms with E-state index in [-0.39, 0.29) is 18.0 Å². The van der Waals surface area contributed by atoms with Crippen molar-refractivity contribution in [3.05, 3.63) is 34.6 Å². The van der Waals surface area contributed by atoms with Crippen LogP contribution in [0.25, 0.3) is 0 Å². The Labute approximate surface area is 124 Å². The number of carbonyl (C=O) groups is 1. The Morgan fingerprint density at radius 3 is 2.50 bits per heavy atom. The fourth-order valence-electron chi connectivity index (χ4n) is 2.90. The van der Waals surface area contributed by atoms with E-state index in [1.54, 1.807) is 13.2 Å². The van der Waals surface area contributed by atoms with E-state index >= 15 is 0 Å². The third-order valence-electron chi connectivity index (χ3n) is 4.18. The number of rotatable bonds is 4. The quantitative estimate of drug-likeness (QED) is 0.773. The summed E-state index contributed by atoms with van der Waals surface area (Å²) in [5.74, 6) is -0.336. The Morgan fingerprint density at radius 2 is 1.95 bits per heavy atom. The smallest absolute Gasteiger partial charge is 0.169 e. The van der Waals surface area contributed by atoms with Gasteiger partial charge in [-0.25, -0.2) is 4.39 Å². The molecule has 20 heavy (non-hydrogen) atoms. The number of benzene rings is 1. The third-order valence-corrected chi connectivity index (χ3v) is 4.53. The Morgan fingerprint density at radius 1 is 1.30 bits per heavy atom. The minimum Gasteiger partial charge on any atom is -0.370 e. The first-order chi connectivity index (χ1) is 9.57. The van der Waals surface area contributed by atoms with Crippen molar-refractivity contribution in [1.29, 1.82) is 0 Å². The maximum absolute atomic E-state index is 13.0. The van der Waals surface area contributed by atoms with Crippen LogP contribution in [0.3, 0.4) is 0 Å². The van der Waals surface area contributed by atoms with Gasteiger partial charge < -0.3 is 4.74 Å². The van der Waals surface area contributed by atoms with Gasteiger partial charge in [-0.15, -0.1) is 0 Å². The first kappa shape index (κ1) is 15.5. The fraction of sp³-hybridized carbons (Fsp3) is 0.562. The molecule has 0 saturated heterocycles. The molecule has 0 atom stereocenters. The Bertz CT molecular complexity index is 479. The summed E-state index contributed by atoms with van der Waals surface area (Å²) < 4.78 is 18.6. The first-order valence-electron chi connectivity index (χ1n) is 7.10. The largest absolute Gasteiger partial charge is 0.370 e. The van der Waals surface area contributed by atoms with Crippen LogP contribution in [0.2, 0.25) is 5.02 Å². The summed E-state index contributed by atoms with van der Waals surface area (Å²) >= 11 is 6.00. The maximum Gasteiger partial charge on any atom is 0.169 e. The van der Waals surface area contributed by atoms with Crippen LogP contribution < -0.4 is 0 Å². The topological polar surface area (TPSA) is 26.3 Å². The van der Waals surface area contributed by atoms with E-state index in [0.29, 0.717) is 10.6 Å². The molecular weight excluding hydrogens is 279 g/mol. The zero-order chi connectivity index (χ0) is 14.6. The van der Waals surface area contributed by atoms with Crippen LogP contribution >= 0.6 is 11.6 Å². The number of carbonyl (C=O) groups excluding carboxylic acids is 1. The molecule has 2 nitrogen and oxygen atoms in total. The molecule has 1 aromatic carbocycles. The van der Waals surface area contributed by atoms with E-state index in [2.05, 4.69) is 0 Å². The number of hydrogen-bond donors (Lipinski definition) is 0. The highest BCUT2D eigenvalue weighted by molar-refractivity contribution is 6.31. The second-order valence-corrected chi connectivity index (χ2v) is 5.86. The summed E-state index contributed by atoms with van der Waals surface area (Å²) in [7, 11) is 1.61. The second kappa shape index (κ2) is 6.68. The highest BCUT2D eigenvalue weighted by atomic mass is 35.5. The maximum atomic E-state index is 13.0. The van der Waals surface area contributed by atoms with Crippen LogP contribution in [0.4, 0.5) is 4.39 Å². The summed E-state index contributed by atoms with van der Waals surface area (Å²) in [6, 6.07) is 4.16. The van der Waals surface area contributed by atoms with Gasteiger partial charge in [0.25, 0.3) is 0 Å². The monoisotopic (exact) mass is 298 g/mol. The van der Waals surface area contributed by atoms with Crippen molar-refractivity contribution in [2.75, 3.05) is 7.11 Å². The van der Waals surface area contributed by atoms with Crippen molar-refractivity contribution in [2.24, 2.45) is 0 Å². The van der Waals surface area contributed by atoms with Crippen molar-refractivity contribution in [1.82, 2.24) is 0 Å². The van der Waals surface area contributed by atoms with Gasteiger partial charge in [0.1, 0.15) is 11.4 Å². The van der Waals surface area contributed by atoms with Crippen molar-refractivity contribution in [3.8, 4) is 0 Å². The molecule has 4 heteroatoms. The number of halogens is 2. The Hall–Kier alpha value is -0.930. The van der Waals surface area contributed by atoms with Gasteiger partial charge >= 0.3 is 0 Å². The van der Waals surface area contributed by atoms with Crippen molar-refractivity contribution >= 4 is 17.4 Å². The van der Waals surface area contributed by atoms with Crippen LogP contribution in [0, 0.1) is 5.82 Å². The van der Waals surface area contributed by atoms with Gasteiger partial charge in [-0.05, 0) is 30.5 Å². The van der Waals surface area contributed by atoms with Gasteiger partial charge in [0, 0.05) is 18.6 Å². The molecule has 1 aromatic rings. The summed E-state index contributed by atoms with van der Waals surface area (Å²) in [5.41, 5.74) is -0.0208. The first-order valence-corrected chi connectivity index (χ1v) is 7.47. The van der Waals surface area contributed by atoms with E-state index < -0.39 is 5.60 Å². The third kappa shape index (κ3) is 3.39. The van der Waals surface area contributed by atoms with Crippen LogP contribution in [0.5, 0.6) is 0 Å². The Balaban J connectivity index is 2.16. The lowest BCUT2D eigenvalue weighted by Gasteiger charge is -2.30. The summed E-state index contributed by atoms with van der Waals surface area (Å²) in [4.78, 5) is 12.6. The van der Waals surface area contributed by atoms with E-state index in [4.69, 9.17) is 16.3 Å². The molecule has 0 radical (unpaired) electrons. The molecule has 110 valence electrons. The van der Waals surface area contributed by atoms with Gasteiger partial charge in [-0.2, -0.15) is 0 Å². The molecule has 0 bridgehead atoms. The molecule has 1 aliphatic rings. The summed E-state index contributed by atoms with van der Waals surface area (Å²) in [6.07, 6.45) is 6.05. The predicted octanol–water partition coefficient (Wildman–Crippen LogP) is 4.33. The normalized spacial score (nSPS) is 18.6. The average molecular weight is 299 g/mol. The highest BCUT2D eigenvalue weighted by Gasteiger charge is 2.38. The minimum absolute atomic E-state index is 0.0513. The van der Waals surface area contributed by atoms with E-state index in [0.717, 1.165) is 38.5 Å². The molecule has 2 rings (SSSR count). The zero-order valence-electron chi connectivity index (χ0n) is 11.8. The lowest BCUT2D eigenvalue weighted by Crippen LogP contribution is -2.41. The average Bonchev–Trinajstić information content (AvgIpc) is 2.68. The molecule has 1 fully saturated rings. The second-order valence-electron chi connectivity index (χ2n) is 5.45. The van der Waals surface area contributed by atoms with Crippen LogP contribution in [0.15, 0.2) is 18.2 Å². The van der Waals surface area contributed by atoms with E-state index in [1.165, 1.54) is 12.1 Å². The van der Waals surface area contributed by atoms with Crippen LogP contribution in [0.1, 0.15) is 44.1 Å². The number of methoxy groups -OCH3 is 1. The summed E-state index contributed by atoms with van der Waals surface area (Å²) in [6.45, 7) is 0. The lowest BCUT2D eigenvalue weighted by atomic mass is 9.86. The SMILES string of the molecule is COC1(C(=O)Cc2ccc(F)cc2Cl)CCCCCC1. The van der Waals surface area contributed by atoms with Crippen molar-refractivity contribution in [3.63, 3.8) is 0 Å². The standard InChI is InChI=1S/C16H20ClFO2/c1-20-16(8-4-2-3-5-9-16)15(19)10-12-6-7-13(18)11-14(12)17/h6-7,11H,2-5,8-10H2,1H3. The number of ketones is 1. The van der Waals surface area contributed by atoms with E-state index in [1.807, 2.05) is 0 Å². The number of hydrogen-bond acceptors (Lipinski definition) is 2. The molecule has 0 aliphatic heterocycles. The highest BCUT2D eigenvalue weighted by Crippen LogP contribution is 2.32. The van der Waals surface area contributed by atoms with Crippen LogP contribution in [-0.2, 0) is 16.0 Å². The Kier molecular flexibility index (Phi) is 5.17. The fourth-order valence-corrected chi connectivity index (χ4v) is 3.13. The van der Waals surface area contributed by atoms with Gasteiger partial charge in [-0.3, -0.25) is 4.79 Å². The molecule has 1 aliphatic carbocycles. The molecule has 0 heterocycles. The van der Waals surface area contributed by atoms with Gasteiger partial charge in [-0.1, -0.05) is 43.4 Å².